The number of aliphatic imine (C=N–C) groups is 1. The predicted molar refractivity (Wildman–Crippen MR) is 68.0 cm³/mol. The zero-order valence-corrected chi connectivity index (χ0v) is 10.6. The van der Waals surface area contributed by atoms with Gasteiger partial charge in [-0.15, -0.1) is 0 Å². The summed E-state index contributed by atoms with van der Waals surface area (Å²) in [6.45, 7) is 4.15. The van der Waals surface area contributed by atoms with Crippen molar-refractivity contribution in [2.24, 2.45) is 10.8 Å². The summed E-state index contributed by atoms with van der Waals surface area (Å²) >= 11 is 1.91. The SMILES string of the molecule is CSC1CCCC1N=C(NN)NC(C)C. The molecule has 1 aliphatic rings. The van der Waals surface area contributed by atoms with Gasteiger partial charge in [0.15, 0.2) is 0 Å². The van der Waals surface area contributed by atoms with E-state index in [4.69, 9.17) is 5.84 Å². The molecule has 0 radical (unpaired) electrons. The standard InChI is InChI=1S/C10H22N4S/c1-7(2)12-10(14-11)13-8-5-4-6-9(8)15-3/h7-9H,4-6,11H2,1-3H3,(H2,12,13,14). The van der Waals surface area contributed by atoms with E-state index >= 15 is 0 Å². The summed E-state index contributed by atoms with van der Waals surface area (Å²) in [5.41, 5.74) is 2.63. The molecule has 88 valence electrons. The Hall–Kier alpha value is -0.420. The van der Waals surface area contributed by atoms with Gasteiger partial charge < -0.3 is 5.32 Å². The van der Waals surface area contributed by atoms with Gasteiger partial charge >= 0.3 is 0 Å². The van der Waals surface area contributed by atoms with Gasteiger partial charge in [0.2, 0.25) is 5.96 Å². The zero-order chi connectivity index (χ0) is 11.3. The molecule has 15 heavy (non-hydrogen) atoms. The molecular formula is C10H22N4S. The molecule has 5 heteroatoms. The van der Waals surface area contributed by atoms with E-state index in [0.29, 0.717) is 17.3 Å². The first-order valence-corrected chi connectivity index (χ1v) is 6.80. The van der Waals surface area contributed by atoms with Crippen molar-refractivity contribution in [3.63, 3.8) is 0 Å². The Bertz CT molecular complexity index is 217. The fourth-order valence-electron chi connectivity index (χ4n) is 1.88. The maximum atomic E-state index is 5.44. The van der Waals surface area contributed by atoms with Crippen molar-refractivity contribution in [3.05, 3.63) is 0 Å². The minimum absolute atomic E-state index is 0.355. The van der Waals surface area contributed by atoms with Crippen LogP contribution in [-0.4, -0.2) is 29.5 Å². The first-order valence-electron chi connectivity index (χ1n) is 5.51. The minimum atomic E-state index is 0.355. The van der Waals surface area contributed by atoms with Crippen molar-refractivity contribution in [2.75, 3.05) is 6.26 Å². The van der Waals surface area contributed by atoms with Gasteiger partial charge in [-0.2, -0.15) is 11.8 Å². The average Bonchev–Trinajstić information content (AvgIpc) is 2.63. The molecule has 4 nitrogen and oxygen atoms in total. The van der Waals surface area contributed by atoms with Gasteiger partial charge in [0.1, 0.15) is 0 Å². The van der Waals surface area contributed by atoms with E-state index in [1.165, 1.54) is 19.3 Å². The molecule has 1 rings (SSSR count). The number of nitrogens with two attached hydrogens (primary N) is 1. The summed E-state index contributed by atoms with van der Waals surface area (Å²) in [5, 5.41) is 3.86. The molecule has 4 N–H and O–H groups in total. The maximum absolute atomic E-state index is 5.44. The van der Waals surface area contributed by atoms with Crippen molar-refractivity contribution < 1.29 is 0 Å². The molecule has 0 aromatic rings. The molecule has 0 amide bonds. The summed E-state index contributed by atoms with van der Waals surface area (Å²) in [4.78, 5) is 4.64. The van der Waals surface area contributed by atoms with Gasteiger partial charge in [0.05, 0.1) is 6.04 Å². The van der Waals surface area contributed by atoms with Crippen LogP contribution in [0.25, 0.3) is 0 Å². The number of hydrazine groups is 1. The van der Waals surface area contributed by atoms with Gasteiger partial charge in [-0.25, -0.2) is 10.8 Å². The van der Waals surface area contributed by atoms with Crippen molar-refractivity contribution in [3.8, 4) is 0 Å². The van der Waals surface area contributed by atoms with E-state index in [0.717, 1.165) is 5.96 Å². The molecule has 0 aromatic carbocycles. The van der Waals surface area contributed by atoms with E-state index in [1.54, 1.807) is 0 Å². The maximum Gasteiger partial charge on any atom is 0.206 e. The van der Waals surface area contributed by atoms with E-state index in [-0.39, 0.29) is 0 Å². The summed E-state index contributed by atoms with van der Waals surface area (Å²) in [5.74, 6) is 6.15. The Morgan fingerprint density at radius 3 is 2.73 bits per heavy atom. The molecule has 1 aliphatic carbocycles. The van der Waals surface area contributed by atoms with E-state index in [9.17, 15) is 0 Å². The molecule has 0 spiro atoms. The third-order valence-electron chi connectivity index (χ3n) is 2.58. The topological polar surface area (TPSA) is 62.4 Å². The summed E-state index contributed by atoms with van der Waals surface area (Å²) in [7, 11) is 0. The van der Waals surface area contributed by atoms with Crippen LogP contribution in [0, 0.1) is 0 Å². The van der Waals surface area contributed by atoms with Gasteiger partial charge in [-0.05, 0) is 32.9 Å². The average molecular weight is 230 g/mol. The zero-order valence-electron chi connectivity index (χ0n) is 9.79. The van der Waals surface area contributed by atoms with Crippen molar-refractivity contribution in [1.82, 2.24) is 10.7 Å². The van der Waals surface area contributed by atoms with Crippen molar-refractivity contribution in [1.29, 1.82) is 0 Å². The molecule has 1 fully saturated rings. The molecule has 0 aliphatic heterocycles. The van der Waals surface area contributed by atoms with Crippen LogP contribution < -0.4 is 16.6 Å². The van der Waals surface area contributed by atoms with Crippen molar-refractivity contribution in [2.45, 2.75) is 50.4 Å². The van der Waals surface area contributed by atoms with Gasteiger partial charge in [-0.1, -0.05) is 6.42 Å². The highest BCUT2D eigenvalue weighted by atomic mass is 32.2. The Kier molecular flexibility index (Phi) is 5.25. The predicted octanol–water partition coefficient (Wildman–Crippen LogP) is 1.09. The Morgan fingerprint density at radius 2 is 2.20 bits per heavy atom. The second kappa shape index (κ2) is 6.23. The van der Waals surface area contributed by atoms with Crippen molar-refractivity contribution >= 4 is 17.7 Å². The van der Waals surface area contributed by atoms with E-state index in [1.807, 2.05) is 11.8 Å². The highest BCUT2D eigenvalue weighted by molar-refractivity contribution is 7.99. The number of guanidine groups is 1. The fourth-order valence-corrected chi connectivity index (χ4v) is 2.80. The number of hydrogen-bond acceptors (Lipinski definition) is 3. The van der Waals surface area contributed by atoms with Crippen LogP contribution in [0.3, 0.4) is 0 Å². The Balaban J connectivity index is 2.57. The normalized spacial score (nSPS) is 27.1. The minimum Gasteiger partial charge on any atom is -0.353 e. The van der Waals surface area contributed by atoms with Gasteiger partial charge in [0, 0.05) is 11.3 Å². The first-order chi connectivity index (χ1) is 7.17. The molecule has 2 unspecified atom stereocenters. The van der Waals surface area contributed by atoms with Gasteiger partial charge in [0.25, 0.3) is 0 Å². The summed E-state index contributed by atoms with van der Waals surface area (Å²) in [6, 6.07) is 0.770. The summed E-state index contributed by atoms with van der Waals surface area (Å²) in [6.07, 6.45) is 5.88. The monoisotopic (exact) mass is 230 g/mol. The number of nitrogens with zero attached hydrogens (tertiary/aromatic N) is 1. The molecule has 1 saturated carbocycles. The van der Waals surface area contributed by atoms with Crippen LogP contribution in [0.2, 0.25) is 0 Å². The van der Waals surface area contributed by atoms with Crippen LogP contribution in [0.5, 0.6) is 0 Å². The molecule has 0 bridgehead atoms. The second-order valence-corrected chi connectivity index (χ2v) is 5.27. The lowest BCUT2D eigenvalue weighted by Crippen LogP contribution is -2.45. The fraction of sp³-hybridized carbons (Fsp3) is 0.900. The Morgan fingerprint density at radius 1 is 1.47 bits per heavy atom. The van der Waals surface area contributed by atoms with Gasteiger partial charge in [-0.3, -0.25) is 5.43 Å². The molecule has 0 heterocycles. The number of thioether (sulfide) groups is 1. The van der Waals surface area contributed by atoms with Crippen LogP contribution in [0.4, 0.5) is 0 Å². The Labute approximate surface area is 96.4 Å². The lowest BCUT2D eigenvalue weighted by molar-refractivity contribution is 0.666. The largest absolute Gasteiger partial charge is 0.353 e. The summed E-state index contributed by atoms with van der Waals surface area (Å²) < 4.78 is 0. The first kappa shape index (κ1) is 12.6. The molecular weight excluding hydrogens is 208 g/mol. The van der Waals surface area contributed by atoms with Crippen LogP contribution in [0.15, 0.2) is 4.99 Å². The molecule has 0 saturated heterocycles. The number of hydrogen-bond donors (Lipinski definition) is 3. The second-order valence-electron chi connectivity index (χ2n) is 4.19. The van der Waals surface area contributed by atoms with E-state index in [2.05, 4.69) is 35.8 Å². The highest BCUT2D eigenvalue weighted by Gasteiger charge is 2.26. The molecule has 0 aromatic heterocycles. The lowest BCUT2D eigenvalue weighted by Gasteiger charge is -2.17. The lowest BCUT2D eigenvalue weighted by atomic mass is 10.3. The van der Waals surface area contributed by atoms with E-state index < -0.39 is 0 Å². The number of nitrogens with one attached hydrogen (secondary N) is 2. The van der Waals surface area contributed by atoms with Crippen LogP contribution in [0.1, 0.15) is 33.1 Å². The quantitative estimate of drug-likeness (QED) is 0.294. The van der Waals surface area contributed by atoms with Crippen LogP contribution in [-0.2, 0) is 0 Å². The molecule has 2 atom stereocenters. The third kappa shape index (κ3) is 3.91. The number of rotatable bonds is 3. The highest BCUT2D eigenvalue weighted by Crippen LogP contribution is 2.30. The van der Waals surface area contributed by atoms with Crippen LogP contribution >= 0.6 is 11.8 Å². The third-order valence-corrected chi connectivity index (χ3v) is 3.73. The smallest absolute Gasteiger partial charge is 0.206 e.